The molecule has 0 bridgehead atoms. The lowest BCUT2D eigenvalue weighted by Crippen LogP contribution is -2.25. The fourth-order valence-electron chi connectivity index (χ4n) is 1.42. The van der Waals surface area contributed by atoms with Gasteiger partial charge in [-0.25, -0.2) is 4.79 Å². The average Bonchev–Trinajstić information content (AvgIpc) is 2.48. The largest absolute Gasteiger partial charge is 0.464 e. The van der Waals surface area contributed by atoms with Gasteiger partial charge in [0.2, 0.25) is 0 Å². The Morgan fingerprint density at radius 2 is 1.90 bits per heavy atom. The molecule has 0 aliphatic carbocycles. The maximum absolute atomic E-state index is 11.4. The lowest BCUT2D eigenvalue weighted by molar-refractivity contribution is -0.143. The van der Waals surface area contributed by atoms with E-state index >= 15 is 0 Å². The third-order valence-corrected chi connectivity index (χ3v) is 2.53. The molecule has 0 unspecified atom stereocenters. The molecule has 5 nitrogen and oxygen atoms in total. The number of esters is 1. The fraction of sp³-hybridized carbons (Fsp3) is 0.429. The Labute approximate surface area is 123 Å². The molecule has 0 aliphatic heterocycles. The molecule has 1 aromatic rings. The number of carbonyl (C=O) groups excluding carboxylic acids is 2. The average molecular weight is 300 g/mol. The first kappa shape index (κ1) is 16.3. The van der Waals surface area contributed by atoms with Crippen molar-refractivity contribution in [2.24, 2.45) is 0 Å². The van der Waals surface area contributed by atoms with E-state index in [9.17, 15) is 9.59 Å². The normalized spacial score (nSPS) is 9.85. The number of hydrogen-bond acceptors (Lipinski definition) is 4. The number of nitrogens with one attached hydrogen (secondary N) is 1. The summed E-state index contributed by atoms with van der Waals surface area (Å²) in [6.45, 7) is 0.807. The van der Waals surface area contributed by atoms with Crippen molar-refractivity contribution in [3.8, 4) is 0 Å². The minimum atomic E-state index is -0.497. The number of rotatable bonds is 8. The van der Waals surface area contributed by atoms with Gasteiger partial charge in [0.05, 0.1) is 5.88 Å². The Kier molecular flexibility index (Phi) is 8.22. The summed E-state index contributed by atoms with van der Waals surface area (Å²) in [5.41, 5.74) is 0.923. The lowest BCUT2D eigenvalue weighted by atomic mass is 10.2. The topological polar surface area (TPSA) is 64.6 Å². The molecule has 0 radical (unpaired) electrons. The van der Waals surface area contributed by atoms with Crippen LogP contribution in [0, 0.1) is 0 Å². The highest BCUT2D eigenvalue weighted by Gasteiger charge is 2.04. The molecule has 1 N–H and O–H groups in total. The third-order valence-electron chi connectivity index (χ3n) is 2.38. The molecule has 6 heteroatoms. The number of ether oxygens (including phenoxy) is 2. The molecule has 0 aliphatic rings. The van der Waals surface area contributed by atoms with E-state index < -0.39 is 6.09 Å². The predicted molar refractivity (Wildman–Crippen MR) is 75.5 cm³/mol. The molecule has 0 heterocycles. The Morgan fingerprint density at radius 3 is 2.60 bits per heavy atom. The summed E-state index contributed by atoms with van der Waals surface area (Å²) in [6, 6.07) is 9.40. The van der Waals surface area contributed by atoms with Crippen molar-refractivity contribution in [2.45, 2.75) is 19.4 Å². The minimum absolute atomic E-state index is 0.215. The van der Waals surface area contributed by atoms with Gasteiger partial charge in [-0.05, 0) is 12.0 Å². The summed E-state index contributed by atoms with van der Waals surface area (Å²) in [7, 11) is 0. The third kappa shape index (κ3) is 7.63. The number of hydrogen-bond donors (Lipinski definition) is 1. The van der Waals surface area contributed by atoms with E-state index in [2.05, 4.69) is 5.32 Å². The van der Waals surface area contributed by atoms with E-state index in [-0.39, 0.29) is 31.5 Å². The molecule has 0 fully saturated rings. The summed E-state index contributed by atoms with van der Waals surface area (Å²) in [5, 5.41) is 2.57. The van der Waals surface area contributed by atoms with Gasteiger partial charge in [0, 0.05) is 13.0 Å². The Morgan fingerprint density at radius 1 is 1.15 bits per heavy atom. The maximum Gasteiger partial charge on any atom is 0.407 e. The highest BCUT2D eigenvalue weighted by Crippen LogP contribution is 2.00. The molecular formula is C14H18ClNO4. The fourth-order valence-corrected chi connectivity index (χ4v) is 1.50. The molecule has 0 saturated heterocycles. The highest BCUT2D eigenvalue weighted by molar-refractivity contribution is 6.18. The van der Waals surface area contributed by atoms with Crippen molar-refractivity contribution in [1.29, 1.82) is 0 Å². The smallest absolute Gasteiger partial charge is 0.407 e. The van der Waals surface area contributed by atoms with Gasteiger partial charge >= 0.3 is 12.1 Å². The van der Waals surface area contributed by atoms with Gasteiger partial charge in [-0.15, -0.1) is 11.6 Å². The van der Waals surface area contributed by atoms with Gasteiger partial charge in [0.1, 0.15) is 13.2 Å². The zero-order valence-corrected chi connectivity index (χ0v) is 11.9. The monoisotopic (exact) mass is 299 g/mol. The van der Waals surface area contributed by atoms with Crippen LogP contribution in [0.4, 0.5) is 4.79 Å². The van der Waals surface area contributed by atoms with Crippen molar-refractivity contribution < 1.29 is 19.1 Å². The highest BCUT2D eigenvalue weighted by atomic mass is 35.5. The summed E-state index contributed by atoms with van der Waals surface area (Å²) in [4.78, 5) is 22.5. The first-order chi connectivity index (χ1) is 9.72. The standard InChI is InChI=1S/C14H18ClNO4/c15-8-10-19-13(17)7-4-9-16-14(18)20-11-12-5-2-1-3-6-12/h1-3,5-6H,4,7-11H2,(H,16,18). The summed E-state index contributed by atoms with van der Waals surface area (Å²) >= 11 is 5.38. The van der Waals surface area contributed by atoms with E-state index in [1.807, 2.05) is 30.3 Å². The second-order valence-corrected chi connectivity index (χ2v) is 4.38. The molecule has 110 valence electrons. The van der Waals surface area contributed by atoms with E-state index in [0.717, 1.165) is 5.56 Å². The van der Waals surface area contributed by atoms with Crippen LogP contribution in [0.15, 0.2) is 30.3 Å². The molecule has 0 saturated carbocycles. The van der Waals surface area contributed by atoms with Crippen molar-refractivity contribution in [3.05, 3.63) is 35.9 Å². The van der Waals surface area contributed by atoms with Gasteiger partial charge in [0.15, 0.2) is 0 Å². The van der Waals surface area contributed by atoms with Crippen molar-refractivity contribution >= 4 is 23.7 Å². The van der Waals surface area contributed by atoms with Crippen molar-refractivity contribution in [3.63, 3.8) is 0 Å². The number of alkyl halides is 1. The van der Waals surface area contributed by atoms with E-state index in [4.69, 9.17) is 21.1 Å². The van der Waals surface area contributed by atoms with Gasteiger partial charge in [-0.1, -0.05) is 30.3 Å². The molecular weight excluding hydrogens is 282 g/mol. The van der Waals surface area contributed by atoms with Crippen LogP contribution >= 0.6 is 11.6 Å². The molecule has 0 atom stereocenters. The second kappa shape index (κ2) is 10.1. The lowest BCUT2D eigenvalue weighted by Gasteiger charge is -2.07. The Hall–Kier alpha value is -1.75. The summed E-state index contributed by atoms with van der Waals surface area (Å²) in [6.07, 6.45) is 0.250. The first-order valence-corrected chi connectivity index (χ1v) is 6.92. The van der Waals surface area contributed by atoms with Crippen LogP contribution in [0.5, 0.6) is 0 Å². The van der Waals surface area contributed by atoms with Crippen molar-refractivity contribution in [2.75, 3.05) is 19.0 Å². The molecule has 0 spiro atoms. The van der Waals surface area contributed by atoms with Crippen LogP contribution in [0.25, 0.3) is 0 Å². The number of halogens is 1. The Balaban J connectivity index is 2.04. The van der Waals surface area contributed by atoms with Crippen LogP contribution in [0.3, 0.4) is 0 Å². The zero-order chi connectivity index (χ0) is 14.6. The van der Waals surface area contributed by atoms with Crippen LogP contribution in [-0.2, 0) is 20.9 Å². The van der Waals surface area contributed by atoms with Crippen LogP contribution in [-0.4, -0.2) is 31.1 Å². The zero-order valence-electron chi connectivity index (χ0n) is 11.1. The molecule has 1 aromatic carbocycles. The number of amides is 1. The maximum atomic E-state index is 11.4. The predicted octanol–water partition coefficient (Wildman–Crippen LogP) is 2.48. The number of carbonyl (C=O) groups is 2. The molecule has 1 rings (SSSR count). The summed E-state index contributed by atoms with van der Waals surface area (Å²) < 4.78 is 9.81. The number of benzene rings is 1. The van der Waals surface area contributed by atoms with Crippen LogP contribution in [0.1, 0.15) is 18.4 Å². The van der Waals surface area contributed by atoms with Gasteiger partial charge in [-0.3, -0.25) is 4.79 Å². The quantitative estimate of drug-likeness (QED) is 0.455. The van der Waals surface area contributed by atoms with E-state index in [1.165, 1.54) is 0 Å². The van der Waals surface area contributed by atoms with Crippen molar-refractivity contribution in [1.82, 2.24) is 5.32 Å². The van der Waals surface area contributed by atoms with Gasteiger partial charge in [-0.2, -0.15) is 0 Å². The van der Waals surface area contributed by atoms with E-state index in [0.29, 0.717) is 13.0 Å². The minimum Gasteiger partial charge on any atom is -0.464 e. The Bertz CT molecular complexity index is 411. The van der Waals surface area contributed by atoms with Gasteiger partial charge < -0.3 is 14.8 Å². The number of alkyl carbamates (subject to hydrolysis) is 1. The summed E-state index contributed by atoms with van der Waals surface area (Å²) in [5.74, 6) is -0.0272. The van der Waals surface area contributed by atoms with Crippen LogP contribution < -0.4 is 5.32 Å². The second-order valence-electron chi connectivity index (χ2n) is 4.00. The first-order valence-electron chi connectivity index (χ1n) is 6.38. The van der Waals surface area contributed by atoms with Gasteiger partial charge in [0.25, 0.3) is 0 Å². The van der Waals surface area contributed by atoms with Crippen LogP contribution in [0.2, 0.25) is 0 Å². The van der Waals surface area contributed by atoms with E-state index in [1.54, 1.807) is 0 Å². The molecule has 0 aromatic heterocycles. The molecule has 1 amide bonds. The molecule has 20 heavy (non-hydrogen) atoms. The SMILES string of the molecule is O=C(CCCNC(=O)OCc1ccccc1)OCCCl.